The minimum absolute atomic E-state index is 0.0478. The van der Waals surface area contributed by atoms with Crippen LogP contribution in [-0.4, -0.2) is 45.1 Å². The molecule has 0 aliphatic heterocycles. The van der Waals surface area contributed by atoms with E-state index in [0.717, 1.165) is 0 Å². The van der Waals surface area contributed by atoms with Gasteiger partial charge in [-0.3, -0.25) is 0 Å². The molecule has 0 heterocycles. The molecule has 2 aromatic rings. The van der Waals surface area contributed by atoms with Crippen LogP contribution in [0.5, 0.6) is 11.5 Å². The van der Waals surface area contributed by atoms with E-state index in [1.54, 1.807) is 24.3 Å². The van der Waals surface area contributed by atoms with E-state index in [0.29, 0.717) is 37.6 Å². The summed E-state index contributed by atoms with van der Waals surface area (Å²) in [4.78, 5) is 0.354. The summed E-state index contributed by atoms with van der Waals surface area (Å²) in [6.45, 7) is 0.846. The van der Waals surface area contributed by atoms with Crippen molar-refractivity contribution in [1.82, 2.24) is 0 Å². The quantitative estimate of drug-likeness (QED) is 0.625. The molecule has 2 aromatic carbocycles. The minimum atomic E-state index is -3.61. The van der Waals surface area contributed by atoms with Gasteiger partial charge in [-0.05, 0) is 48.5 Å². The maximum atomic E-state index is 12.6. The first-order chi connectivity index (χ1) is 12.1. The van der Waals surface area contributed by atoms with Crippen LogP contribution in [0.2, 0.25) is 0 Å². The van der Waals surface area contributed by atoms with Crippen molar-refractivity contribution < 1.29 is 28.1 Å². The smallest absolute Gasteiger partial charge is 0.206 e. The van der Waals surface area contributed by atoms with Gasteiger partial charge in [-0.25, -0.2) is 8.42 Å². The van der Waals surface area contributed by atoms with Gasteiger partial charge in [0.05, 0.1) is 23.0 Å². The van der Waals surface area contributed by atoms with Crippen molar-refractivity contribution in [3.05, 3.63) is 48.5 Å². The van der Waals surface area contributed by atoms with Crippen molar-refractivity contribution in [1.29, 1.82) is 0 Å². The molecule has 25 heavy (non-hydrogen) atoms. The molecular formula is C18H22O6S. The predicted octanol–water partition coefficient (Wildman–Crippen LogP) is 2.04. The number of sulfone groups is 1. The lowest BCUT2D eigenvalue weighted by Gasteiger charge is -2.09. The minimum Gasteiger partial charge on any atom is -0.494 e. The fourth-order valence-corrected chi connectivity index (χ4v) is 3.34. The summed E-state index contributed by atoms with van der Waals surface area (Å²) in [6, 6.07) is 12.4. The van der Waals surface area contributed by atoms with Gasteiger partial charge < -0.3 is 19.7 Å². The molecule has 0 saturated heterocycles. The van der Waals surface area contributed by atoms with Gasteiger partial charge in [0.25, 0.3) is 0 Å². The molecule has 136 valence electrons. The zero-order valence-corrected chi connectivity index (χ0v) is 14.6. The lowest BCUT2D eigenvalue weighted by molar-refractivity contribution is 0.233. The summed E-state index contributed by atoms with van der Waals surface area (Å²) >= 11 is 0. The summed E-state index contributed by atoms with van der Waals surface area (Å²) < 4.78 is 36.0. The van der Waals surface area contributed by atoms with Crippen LogP contribution < -0.4 is 9.47 Å². The molecule has 2 N–H and O–H groups in total. The van der Waals surface area contributed by atoms with E-state index in [4.69, 9.17) is 19.7 Å². The van der Waals surface area contributed by atoms with Gasteiger partial charge in [0.1, 0.15) is 11.5 Å². The van der Waals surface area contributed by atoms with Crippen molar-refractivity contribution in [3.8, 4) is 11.5 Å². The van der Waals surface area contributed by atoms with Crippen molar-refractivity contribution in [2.75, 3.05) is 26.4 Å². The summed E-state index contributed by atoms with van der Waals surface area (Å²) in [5, 5.41) is 17.4. The number of aliphatic hydroxyl groups is 2. The van der Waals surface area contributed by atoms with Crippen LogP contribution in [0.1, 0.15) is 12.8 Å². The van der Waals surface area contributed by atoms with Crippen molar-refractivity contribution in [2.45, 2.75) is 22.6 Å². The highest BCUT2D eigenvalue weighted by molar-refractivity contribution is 7.91. The van der Waals surface area contributed by atoms with Crippen LogP contribution in [0.25, 0.3) is 0 Å². The van der Waals surface area contributed by atoms with Gasteiger partial charge in [0.15, 0.2) is 0 Å². The van der Waals surface area contributed by atoms with Crippen molar-refractivity contribution >= 4 is 9.84 Å². The van der Waals surface area contributed by atoms with Crippen molar-refractivity contribution in [2.24, 2.45) is 0 Å². The van der Waals surface area contributed by atoms with Crippen LogP contribution >= 0.6 is 0 Å². The number of hydrogen-bond donors (Lipinski definition) is 2. The second kappa shape index (κ2) is 9.41. The number of ether oxygens (including phenoxy) is 2. The van der Waals surface area contributed by atoms with Crippen LogP contribution in [0.15, 0.2) is 58.3 Å². The van der Waals surface area contributed by atoms with E-state index in [1.165, 1.54) is 24.3 Å². The molecule has 2 rings (SSSR count). The Morgan fingerprint density at radius 3 is 1.36 bits per heavy atom. The van der Waals surface area contributed by atoms with E-state index >= 15 is 0 Å². The number of rotatable bonds is 10. The van der Waals surface area contributed by atoms with Crippen LogP contribution in [0.3, 0.4) is 0 Å². The zero-order valence-electron chi connectivity index (χ0n) is 13.8. The third-order valence-electron chi connectivity index (χ3n) is 3.41. The maximum Gasteiger partial charge on any atom is 0.206 e. The first kappa shape index (κ1) is 19.2. The zero-order chi connectivity index (χ0) is 18.1. The Kier molecular flexibility index (Phi) is 7.24. The molecule has 0 spiro atoms. The van der Waals surface area contributed by atoms with Crippen LogP contribution in [0, 0.1) is 0 Å². The number of hydrogen-bond acceptors (Lipinski definition) is 6. The van der Waals surface area contributed by atoms with E-state index in [2.05, 4.69) is 0 Å². The van der Waals surface area contributed by atoms with Gasteiger partial charge >= 0.3 is 0 Å². The lowest BCUT2D eigenvalue weighted by atomic mass is 10.3. The second-order valence-electron chi connectivity index (χ2n) is 5.30. The van der Waals surface area contributed by atoms with Gasteiger partial charge in [0.2, 0.25) is 9.84 Å². The van der Waals surface area contributed by atoms with Crippen molar-refractivity contribution in [3.63, 3.8) is 0 Å². The molecule has 0 amide bonds. The van der Waals surface area contributed by atoms with E-state index in [1.807, 2.05) is 0 Å². The molecule has 7 heteroatoms. The molecule has 0 unspecified atom stereocenters. The molecule has 0 bridgehead atoms. The molecule has 0 atom stereocenters. The fourth-order valence-electron chi connectivity index (χ4n) is 2.08. The van der Waals surface area contributed by atoms with Crippen LogP contribution in [0.4, 0.5) is 0 Å². The van der Waals surface area contributed by atoms with Gasteiger partial charge in [-0.2, -0.15) is 0 Å². The van der Waals surface area contributed by atoms with E-state index in [9.17, 15) is 8.42 Å². The van der Waals surface area contributed by atoms with E-state index in [-0.39, 0.29) is 23.0 Å². The Balaban J connectivity index is 2.07. The first-order valence-corrected chi connectivity index (χ1v) is 9.49. The number of aliphatic hydroxyl groups excluding tert-OH is 2. The normalized spacial score (nSPS) is 11.3. The monoisotopic (exact) mass is 366 g/mol. The SMILES string of the molecule is O=S(=O)(c1ccc(OCCCO)cc1)c1ccc(OCCCO)cc1. The van der Waals surface area contributed by atoms with Gasteiger partial charge in [-0.1, -0.05) is 0 Å². The Morgan fingerprint density at radius 1 is 0.680 bits per heavy atom. The Labute approximate surface area is 147 Å². The lowest BCUT2D eigenvalue weighted by Crippen LogP contribution is -2.04. The molecule has 0 aromatic heterocycles. The van der Waals surface area contributed by atoms with E-state index < -0.39 is 9.84 Å². The van der Waals surface area contributed by atoms with Crippen LogP contribution in [-0.2, 0) is 9.84 Å². The topological polar surface area (TPSA) is 93.1 Å². The largest absolute Gasteiger partial charge is 0.494 e. The Hall–Kier alpha value is -2.09. The summed E-state index contributed by atoms with van der Waals surface area (Å²) in [7, 11) is -3.61. The standard InChI is InChI=1S/C18H22O6S/c19-11-1-13-23-15-3-7-17(8-4-15)25(21,22)18-9-5-16(6-10-18)24-14-2-12-20/h3-10,19-20H,1-2,11-14H2. The summed E-state index contributed by atoms with van der Waals surface area (Å²) in [6.07, 6.45) is 1.04. The molecule has 6 nitrogen and oxygen atoms in total. The third-order valence-corrected chi connectivity index (χ3v) is 5.20. The molecular weight excluding hydrogens is 344 g/mol. The van der Waals surface area contributed by atoms with Gasteiger partial charge in [0, 0.05) is 26.1 Å². The molecule has 0 fully saturated rings. The maximum absolute atomic E-state index is 12.6. The Morgan fingerprint density at radius 2 is 1.04 bits per heavy atom. The Bertz CT molecular complexity index is 679. The molecule has 0 aliphatic rings. The summed E-state index contributed by atoms with van der Waals surface area (Å²) in [5.41, 5.74) is 0. The molecule has 0 saturated carbocycles. The first-order valence-electron chi connectivity index (χ1n) is 8.00. The predicted molar refractivity (Wildman–Crippen MR) is 92.7 cm³/mol. The molecule has 0 radical (unpaired) electrons. The fraction of sp³-hybridized carbons (Fsp3) is 0.333. The average Bonchev–Trinajstić information content (AvgIpc) is 2.63. The highest BCUT2D eigenvalue weighted by atomic mass is 32.2. The highest BCUT2D eigenvalue weighted by Crippen LogP contribution is 2.25. The van der Waals surface area contributed by atoms with Gasteiger partial charge in [-0.15, -0.1) is 0 Å². The average molecular weight is 366 g/mol. The second-order valence-corrected chi connectivity index (χ2v) is 7.25. The third kappa shape index (κ3) is 5.45. The highest BCUT2D eigenvalue weighted by Gasteiger charge is 2.17. The number of benzene rings is 2. The molecule has 0 aliphatic carbocycles. The summed E-state index contributed by atoms with van der Waals surface area (Å²) in [5.74, 6) is 1.11.